The van der Waals surface area contributed by atoms with Gasteiger partial charge in [-0.3, -0.25) is 9.69 Å². The number of fused-ring (bicyclic) bond motifs is 2. The van der Waals surface area contributed by atoms with Crippen LogP contribution in [0.15, 0.2) is 40.0 Å². The number of benzene rings is 1. The summed E-state index contributed by atoms with van der Waals surface area (Å²) in [5.74, 6) is -7.35. The molecule has 1 aromatic heterocycles. The molecule has 4 atom stereocenters. The minimum Gasteiger partial charge on any atom is -0.481 e. The number of methoxy groups -OCH3 is 1. The Morgan fingerprint density at radius 3 is 2.62 bits per heavy atom. The average molecular weight is 583 g/mol. The van der Waals surface area contributed by atoms with E-state index in [1.807, 2.05) is 0 Å². The number of carbonyl (C=O) groups is 2. The summed E-state index contributed by atoms with van der Waals surface area (Å²) in [7, 11) is 1.13. The molecular formula is C26H26F4N4O5S. The second kappa shape index (κ2) is 10.2. The van der Waals surface area contributed by atoms with Crippen LogP contribution in [0.25, 0.3) is 0 Å². The third-order valence-electron chi connectivity index (χ3n) is 7.73. The van der Waals surface area contributed by atoms with Crippen molar-refractivity contribution in [3.63, 3.8) is 0 Å². The molecule has 4 heterocycles. The molecule has 2 saturated heterocycles. The number of halogens is 4. The topological polar surface area (TPSA) is 124 Å². The van der Waals surface area contributed by atoms with Crippen molar-refractivity contribution in [3.05, 3.63) is 62.7 Å². The SMILES string of the molecule is COC(=O)C1=C(CN2C3CC(F)(F)C2C[C@](O)(CC(=O)O)C3)N=C(c2nccs2)N[C@H]1c1ccc(F)c(F)c1C. The molecular weight excluding hydrogens is 556 g/mol. The summed E-state index contributed by atoms with van der Waals surface area (Å²) < 4.78 is 63.9. The molecule has 2 fully saturated rings. The zero-order chi connectivity index (χ0) is 29.0. The fraction of sp³-hybridized carbons (Fsp3) is 0.462. The van der Waals surface area contributed by atoms with Gasteiger partial charge in [0.25, 0.3) is 5.92 Å². The highest BCUT2D eigenvalue weighted by Crippen LogP contribution is 2.50. The van der Waals surface area contributed by atoms with Crippen molar-refractivity contribution in [2.24, 2.45) is 4.99 Å². The minimum atomic E-state index is -3.23. The number of nitrogens with one attached hydrogen (secondary N) is 1. The van der Waals surface area contributed by atoms with Gasteiger partial charge in [0.1, 0.15) is 0 Å². The number of nitrogens with zero attached hydrogens (tertiary/aromatic N) is 3. The number of alkyl halides is 2. The number of amidine groups is 1. The normalized spacial score (nSPS) is 27.8. The summed E-state index contributed by atoms with van der Waals surface area (Å²) in [6, 6.07) is -1.25. The smallest absolute Gasteiger partial charge is 0.338 e. The van der Waals surface area contributed by atoms with Crippen LogP contribution in [0.1, 0.15) is 47.9 Å². The van der Waals surface area contributed by atoms with E-state index in [1.54, 1.807) is 5.38 Å². The zero-order valence-electron chi connectivity index (χ0n) is 21.5. The van der Waals surface area contributed by atoms with Crippen molar-refractivity contribution in [2.45, 2.75) is 62.3 Å². The number of thiazole rings is 1. The summed E-state index contributed by atoms with van der Waals surface area (Å²) in [5, 5.41) is 25.2. The number of hydrogen-bond donors (Lipinski definition) is 3. The fourth-order valence-corrected chi connectivity index (χ4v) is 6.56. The van der Waals surface area contributed by atoms with Gasteiger partial charge in [-0.2, -0.15) is 0 Å². The lowest BCUT2D eigenvalue weighted by Gasteiger charge is -2.43. The highest BCUT2D eigenvalue weighted by atomic mass is 32.1. The number of aliphatic carboxylic acids is 1. The number of carboxylic acids is 1. The lowest BCUT2D eigenvalue weighted by atomic mass is 9.83. The zero-order valence-corrected chi connectivity index (χ0v) is 22.3. The van der Waals surface area contributed by atoms with E-state index in [2.05, 4.69) is 15.3 Å². The number of ether oxygens (including phenoxy) is 1. The van der Waals surface area contributed by atoms with Gasteiger partial charge >= 0.3 is 11.9 Å². The Kier molecular flexibility index (Phi) is 7.21. The Labute approximate surface area is 230 Å². The van der Waals surface area contributed by atoms with Crippen LogP contribution in [0, 0.1) is 18.6 Å². The molecule has 14 heteroatoms. The standard InChI is InChI=1S/C26H26F4N4O5S/c1-12-14(3-4-15(27)20(12)28)21-19(24(37)39-2)16(32-22(33-21)23-31-5-6-40-23)11-34-13-7-25(38,10-18(35)36)9-17(34)26(29,30)8-13/h3-6,13,17,21,38H,7-11H2,1-2H3,(H,32,33)(H,35,36)/t13?,17?,21-,25-/m0/s1. The minimum absolute atomic E-state index is 0.0568. The lowest BCUT2D eigenvalue weighted by Crippen LogP contribution is -2.55. The van der Waals surface area contributed by atoms with Crippen LogP contribution >= 0.6 is 11.3 Å². The first-order valence-electron chi connectivity index (χ1n) is 12.4. The first-order chi connectivity index (χ1) is 18.8. The van der Waals surface area contributed by atoms with Crippen molar-refractivity contribution < 1.29 is 42.1 Å². The fourth-order valence-electron chi connectivity index (χ4n) is 5.97. The quantitative estimate of drug-likeness (QED) is 0.336. The third kappa shape index (κ3) is 4.99. The van der Waals surface area contributed by atoms with Gasteiger partial charge in [-0.1, -0.05) is 6.07 Å². The number of aliphatic imine (C=N–C) groups is 1. The molecule has 3 aliphatic rings. The lowest BCUT2D eigenvalue weighted by molar-refractivity contribution is -0.148. The Morgan fingerprint density at radius 1 is 1.25 bits per heavy atom. The van der Waals surface area contributed by atoms with Gasteiger partial charge < -0.3 is 20.3 Å². The third-order valence-corrected chi connectivity index (χ3v) is 8.51. The summed E-state index contributed by atoms with van der Waals surface area (Å²) >= 11 is 1.22. The van der Waals surface area contributed by atoms with Gasteiger partial charge in [-0.25, -0.2) is 32.3 Å². The first-order valence-corrected chi connectivity index (χ1v) is 13.3. The maximum absolute atomic E-state index is 15.1. The molecule has 0 amide bonds. The Morgan fingerprint density at radius 2 is 2.00 bits per heavy atom. The van der Waals surface area contributed by atoms with E-state index < -0.39 is 72.5 Å². The Bertz CT molecular complexity index is 1420. The molecule has 3 N–H and O–H groups in total. The van der Waals surface area contributed by atoms with Crippen LogP contribution in [-0.4, -0.2) is 75.1 Å². The number of piperidine rings is 1. The van der Waals surface area contributed by atoms with E-state index in [9.17, 15) is 28.6 Å². The maximum atomic E-state index is 15.1. The number of aliphatic hydroxyl groups is 1. The van der Waals surface area contributed by atoms with Crippen LogP contribution in [0.5, 0.6) is 0 Å². The van der Waals surface area contributed by atoms with E-state index in [1.165, 1.54) is 35.4 Å². The number of hydrogen-bond acceptors (Lipinski definition) is 9. The molecule has 2 aromatic rings. The molecule has 214 valence electrons. The van der Waals surface area contributed by atoms with Gasteiger partial charge in [0, 0.05) is 30.6 Å². The highest BCUT2D eigenvalue weighted by Gasteiger charge is 2.61. The molecule has 5 rings (SSSR count). The van der Waals surface area contributed by atoms with Gasteiger partial charge in [0.2, 0.25) is 0 Å². The molecule has 0 saturated carbocycles. The molecule has 3 aliphatic heterocycles. The number of rotatable bonds is 7. The van der Waals surface area contributed by atoms with Crippen molar-refractivity contribution in [1.29, 1.82) is 0 Å². The van der Waals surface area contributed by atoms with Crippen LogP contribution in [-0.2, 0) is 14.3 Å². The second-order valence-electron chi connectivity index (χ2n) is 10.3. The van der Waals surface area contributed by atoms with Crippen LogP contribution < -0.4 is 5.32 Å². The number of aromatic nitrogens is 1. The van der Waals surface area contributed by atoms with Crippen LogP contribution in [0.3, 0.4) is 0 Å². The van der Waals surface area contributed by atoms with Crippen LogP contribution in [0.4, 0.5) is 17.6 Å². The van der Waals surface area contributed by atoms with E-state index in [-0.39, 0.29) is 41.2 Å². The van der Waals surface area contributed by atoms with E-state index in [0.29, 0.717) is 5.01 Å². The molecule has 9 nitrogen and oxygen atoms in total. The predicted molar refractivity (Wildman–Crippen MR) is 135 cm³/mol. The molecule has 0 aliphatic carbocycles. The average Bonchev–Trinajstić information content (AvgIpc) is 3.46. The largest absolute Gasteiger partial charge is 0.481 e. The number of esters is 1. The Hall–Kier alpha value is -3.36. The van der Waals surface area contributed by atoms with Crippen molar-refractivity contribution in [2.75, 3.05) is 13.7 Å². The molecule has 2 unspecified atom stereocenters. The second-order valence-corrected chi connectivity index (χ2v) is 11.2. The van der Waals surface area contributed by atoms with E-state index in [0.717, 1.165) is 13.2 Å². The predicted octanol–water partition coefficient (Wildman–Crippen LogP) is 3.33. The number of carboxylic acid groups (broad SMARTS) is 1. The van der Waals surface area contributed by atoms with Crippen LogP contribution in [0.2, 0.25) is 0 Å². The molecule has 0 spiro atoms. The van der Waals surface area contributed by atoms with E-state index >= 15 is 8.78 Å². The molecule has 2 bridgehead atoms. The summed E-state index contributed by atoms with van der Waals surface area (Å²) in [5.41, 5.74) is -1.69. The molecule has 0 radical (unpaired) electrons. The van der Waals surface area contributed by atoms with Crippen molar-refractivity contribution >= 4 is 29.1 Å². The summed E-state index contributed by atoms with van der Waals surface area (Å²) in [6.07, 6.45) is -0.451. The van der Waals surface area contributed by atoms with E-state index in [4.69, 9.17) is 4.74 Å². The van der Waals surface area contributed by atoms with Crippen molar-refractivity contribution in [3.8, 4) is 0 Å². The maximum Gasteiger partial charge on any atom is 0.338 e. The first kappa shape index (κ1) is 28.2. The molecule has 40 heavy (non-hydrogen) atoms. The van der Waals surface area contributed by atoms with Crippen molar-refractivity contribution in [1.82, 2.24) is 15.2 Å². The molecule has 1 aromatic carbocycles. The van der Waals surface area contributed by atoms with Gasteiger partial charge in [0.05, 0.1) is 42.5 Å². The summed E-state index contributed by atoms with van der Waals surface area (Å²) in [4.78, 5) is 34.7. The highest BCUT2D eigenvalue weighted by molar-refractivity contribution is 7.11. The summed E-state index contributed by atoms with van der Waals surface area (Å²) in [6.45, 7) is 1.09. The monoisotopic (exact) mass is 582 g/mol. The number of carbonyl (C=O) groups excluding carboxylic acids is 1. The van der Waals surface area contributed by atoms with Gasteiger partial charge in [-0.05, 0) is 37.0 Å². The van der Waals surface area contributed by atoms with Gasteiger partial charge in [0.15, 0.2) is 22.5 Å². The Balaban J connectivity index is 1.61. The van der Waals surface area contributed by atoms with Gasteiger partial charge in [-0.15, -0.1) is 11.3 Å².